The van der Waals surface area contributed by atoms with Crippen LogP contribution in [0.25, 0.3) is 0 Å². The van der Waals surface area contributed by atoms with Crippen molar-refractivity contribution in [2.75, 3.05) is 0 Å². The normalized spacial score (nSPS) is 13.8. The van der Waals surface area contributed by atoms with Crippen LogP contribution in [0.4, 0.5) is 0 Å². The van der Waals surface area contributed by atoms with Gasteiger partial charge in [0, 0.05) is 17.6 Å². The van der Waals surface area contributed by atoms with Gasteiger partial charge < -0.3 is 5.32 Å². The summed E-state index contributed by atoms with van der Waals surface area (Å²) in [5.41, 5.74) is 0. The standard InChI is InChI=1S/C8H14N2S/c1-6(2)10-7(3)8-9-4-5-11-8/h4-7,10H,1-3H3/t7-/m1/s1. The largest absolute Gasteiger partial charge is 0.306 e. The van der Waals surface area contributed by atoms with Crippen molar-refractivity contribution in [1.29, 1.82) is 0 Å². The molecule has 0 amide bonds. The van der Waals surface area contributed by atoms with Gasteiger partial charge in [-0.05, 0) is 6.92 Å². The first-order valence-corrected chi connectivity index (χ1v) is 4.73. The van der Waals surface area contributed by atoms with Crippen molar-refractivity contribution in [3.63, 3.8) is 0 Å². The fourth-order valence-corrected chi connectivity index (χ4v) is 1.67. The first-order chi connectivity index (χ1) is 5.20. The Kier molecular flexibility index (Phi) is 3.02. The summed E-state index contributed by atoms with van der Waals surface area (Å²) in [6.07, 6.45) is 1.85. The minimum atomic E-state index is 0.384. The minimum Gasteiger partial charge on any atom is -0.306 e. The second-order valence-corrected chi connectivity index (χ2v) is 3.84. The van der Waals surface area contributed by atoms with E-state index in [-0.39, 0.29) is 0 Å². The summed E-state index contributed by atoms with van der Waals surface area (Å²) in [5.74, 6) is 0. The zero-order valence-corrected chi connectivity index (χ0v) is 7.98. The Balaban J connectivity index is 2.49. The van der Waals surface area contributed by atoms with E-state index in [0.29, 0.717) is 12.1 Å². The average molecular weight is 170 g/mol. The van der Waals surface area contributed by atoms with Gasteiger partial charge in [-0.2, -0.15) is 0 Å². The highest BCUT2D eigenvalue weighted by Crippen LogP contribution is 2.14. The number of rotatable bonds is 3. The lowest BCUT2D eigenvalue weighted by Crippen LogP contribution is -2.25. The molecule has 0 saturated carbocycles. The summed E-state index contributed by atoms with van der Waals surface area (Å²) in [5, 5.41) is 6.57. The Labute approximate surface area is 71.7 Å². The van der Waals surface area contributed by atoms with E-state index in [1.165, 1.54) is 5.01 Å². The van der Waals surface area contributed by atoms with Crippen LogP contribution in [0.1, 0.15) is 31.8 Å². The van der Waals surface area contributed by atoms with Gasteiger partial charge in [-0.15, -0.1) is 11.3 Å². The van der Waals surface area contributed by atoms with E-state index in [1.54, 1.807) is 11.3 Å². The maximum absolute atomic E-state index is 4.23. The van der Waals surface area contributed by atoms with Crippen LogP contribution in [-0.4, -0.2) is 11.0 Å². The number of nitrogens with zero attached hydrogens (tertiary/aromatic N) is 1. The van der Waals surface area contributed by atoms with Crippen molar-refractivity contribution < 1.29 is 0 Å². The molecule has 2 nitrogen and oxygen atoms in total. The number of hydrogen-bond acceptors (Lipinski definition) is 3. The molecule has 1 rings (SSSR count). The zero-order chi connectivity index (χ0) is 8.27. The summed E-state index contributed by atoms with van der Waals surface area (Å²) >= 11 is 1.70. The molecule has 0 aliphatic carbocycles. The van der Waals surface area contributed by atoms with Crippen molar-refractivity contribution in [2.45, 2.75) is 32.9 Å². The molecule has 3 heteroatoms. The third kappa shape index (κ3) is 2.60. The number of nitrogens with one attached hydrogen (secondary N) is 1. The maximum Gasteiger partial charge on any atom is 0.109 e. The molecule has 0 bridgehead atoms. The van der Waals surface area contributed by atoms with E-state index in [4.69, 9.17) is 0 Å². The van der Waals surface area contributed by atoms with Gasteiger partial charge in [0.05, 0.1) is 6.04 Å². The second kappa shape index (κ2) is 3.83. The monoisotopic (exact) mass is 170 g/mol. The zero-order valence-electron chi connectivity index (χ0n) is 7.16. The average Bonchev–Trinajstić information content (AvgIpc) is 2.35. The fraction of sp³-hybridized carbons (Fsp3) is 0.625. The first-order valence-electron chi connectivity index (χ1n) is 3.85. The number of aromatic nitrogens is 1. The van der Waals surface area contributed by atoms with Gasteiger partial charge >= 0.3 is 0 Å². The van der Waals surface area contributed by atoms with E-state index in [0.717, 1.165) is 0 Å². The van der Waals surface area contributed by atoms with Crippen molar-refractivity contribution in [1.82, 2.24) is 10.3 Å². The van der Waals surface area contributed by atoms with Crippen LogP contribution in [-0.2, 0) is 0 Å². The Morgan fingerprint density at radius 1 is 1.45 bits per heavy atom. The molecule has 0 spiro atoms. The predicted octanol–water partition coefficient (Wildman–Crippen LogP) is 2.20. The Bertz CT molecular complexity index is 194. The molecule has 11 heavy (non-hydrogen) atoms. The highest BCUT2D eigenvalue weighted by atomic mass is 32.1. The van der Waals surface area contributed by atoms with E-state index < -0.39 is 0 Å². The van der Waals surface area contributed by atoms with Crippen LogP contribution >= 0.6 is 11.3 Å². The van der Waals surface area contributed by atoms with Crippen molar-refractivity contribution in [3.05, 3.63) is 16.6 Å². The SMILES string of the molecule is CC(C)N[C@H](C)c1nccs1. The third-order valence-corrected chi connectivity index (χ3v) is 2.36. The molecule has 0 unspecified atom stereocenters. The summed E-state index contributed by atoms with van der Waals surface area (Å²) in [7, 11) is 0. The number of hydrogen-bond donors (Lipinski definition) is 1. The van der Waals surface area contributed by atoms with Gasteiger partial charge in [0.1, 0.15) is 5.01 Å². The van der Waals surface area contributed by atoms with E-state index >= 15 is 0 Å². The number of thiazole rings is 1. The molecule has 1 aromatic heterocycles. The predicted molar refractivity (Wildman–Crippen MR) is 48.8 cm³/mol. The molecule has 0 aromatic carbocycles. The molecule has 0 saturated heterocycles. The molecule has 0 aliphatic rings. The van der Waals surface area contributed by atoms with Crippen LogP contribution < -0.4 is 5.32 Å². The molecule has 1 heterocycles. The van der Waals surface area contributed by atoms with Gasteiger partial charge in [-0.3, -0.25) is 0 Å². The fourth-order valence-electron chi connectivity index (χ4n) is 1.02. The van der Waals surface area contributed by atoms with Crippen LogP contribution in [0.5, 0.6) is 0 Å². The van der Waals surface area contributed by atoms with Gasteiger partial charge in [0.15, 0.2) is 0 Å². The molecular formula is C8H14N2S. The highest BCUT2D eigenvalue weighted by Gasteiger charge is 2.07. The molecular weight excluding hydrogens is 156 g/mol. The van der Waals surface area contributed by atoms with Crippen LogP contribution in [0.15, 0.2) is 11.6 Å². The van der Waals surface area contributed by atoms with Crippen molar-refractivity contribution in [3.8, 4) is 0 Å². The quantitative estimate of drug-likeness (QED) is 0.752. The topological polar surface area (TPSA) is 24.9 Å². The lowest BCUT2D eigenvalue weighted by atomic mass is 10.3. The smallest absolute Gasteiger partial charge is 0.109 e. The molecule has 62 valence electrons. The second-order valence-electron chi connectivity index (χ2n) is 2.91. The molecule has 1 atom stereocenters. The first kappa shape index (κ1) is 8.68. The van der Waals surface area contributed by atoms with Gasteiger partial charge in [-0.1, -0.05) is 13.8 Å². The molecule has 1 aromatic rings. The van der Waals surface area contributed by atoms with Gasteiger partial charge in [0.2, 0.25) is 0 Å². The van der Waals surface area contributed by atoms with Gasteiger partial charge in [0.25, 0.3) is 0 Å². The molecule has 0 aliphatic heterocycles. The molecule has 0 fully saturated rings. The lowest BCUT2D eigenvalue weighted by Gasteiger charge is -2.13. The van der Waals surface area contributed by atoms with E-state index in [1.807, 2.05) is 11.6 Å². The van der Waals surface area contributed by atoms with Crippen LogP contribution in [0.3, 0.4) is 0 Å². The van der Waals surface area contributed by atoms with Crippen molar-refractivity contribution in [2.24, 2.45) is 0 Å². The van der Waals surface area contributed by atoms with Gasteiger partial charge in [-0.25, -0.2) is 4.98 Å². The minimum absolute atomic E-state index is 0.384. The summed E-state index contributed by atoms with van der Waals surface area (Å²) < 4.78 is 0. The summed E-state index contributed by atoms with van der Waals surface area (Å²) in [6, 6.07) is 0.906. The van der Waals surface area contributed by atoms with Crippen LogP contribution in [0.2, 0.25) is 0 Å². The lowest BCUT2D eigenvalue weighted by molar-refractivity contribution is 0.504. The highest BCUT2D eigenvalue weighted by molar-refractivity contribution is 7.09. The van der Waals surface area contributed by atoms with E-state index in [9.17, 15) is 0 Å². The Morgan fingerprint density at radius 3 is 2.64 bits per heavy atom. The van der Waals surface area contributed by atoms with E-state index in [2.05, 4.69) is 31.1 Å². The third-order valence-electron chi connectivity index (χ3n) is 1.41. The van der Waals surface area contributed by atoms with Crippen molar-refractivity contribution >= 4 is 11.3 Å². The Hall–Kier alpha value is -0.410. The maximum atomic E-state index is 4.23. The summed E-state index contributed by atoms with van der Waals surface area (Å²) in [6.45, 7) is 6.42. The molecule has 0 radical (unpaired) electrons. The summed E-state index contributed by atoms with van der Waals surface area (Å²) in [4.78, 5) is 4.23. The Morgan fingerprint density at radius 2 is 2.18 bits per heavy atom. The van der Waals surface area contributed by atoms with Crippen LogP contribution in [0, 0.1) is 0 Å². The molecule has 1 N–H and O–H groups in total.